The quantitative estimate of drug-likeness (QED) is 0.774. The molecule has 1 aliphatic rings. The van der Waals surface area contributed by atoms with Gasteiger partial charge in [0.1, 0.15) is 0 Å². The molecule has 0 saturated carbocycles. The van der Waals surface area contributed by atoms with Gasteiger partial charge in [-0.1, -0.05) is 42.5 Å². The molecule has 5 heteroatoms. The van der Waals surface area contributed by atoms with E-state index in [4.69, 9.17) is 0 Å². The molecule has 0 aliphatic carbocycles. The molecule has 1 atom stereocenters. The Hall–Kier alpha value is -2.92. The molecule has 138 valence electrons. The number of imidazole rings is 1. The molecule has 3 aromatic rings. The number of likely N-dealkylation sites (tertiary alicyclic amines) is 1. The highest BCUT2D eigenvalue weighted by atomic mass is 16.2. The Morgan fingerprint density at radius 1 is 1.11 bits per heavy atom. The van der Waals surface area contributed by atoms with Crippen LogP contribution in [-0.4, -0.2) is 58.9 Å². The third-order valence-corrected chi connectivity index (χ3v) is 5.27. The molecule has 4 rings (SSSR count). The number of rotatable bonds is 4. The Balaban J connectivity index is 1.61. The third-order valence-electron chi connectivity index (χ3n) is 5.27. The first kappa shape index (κ1) is 17.5. The number of benzene rings is 2. The fraction of sp³-hybridized carbons (Fsp3) is 0.273. The van der Waals surface area contributed by atoms with Crippen LogP contribution in [0.5, 0.6) is 0 Å². The monoisotopic (exact) mass is 360 g/mol. The van der Waals surface area contributed by atoms with Crippen LogP contribution in [0.2, 0.25) is 0 Å². The van der Waals surface area contributed by atoms with E-state index in [1.807, 2.05) is 47.4 Å². The summed E-state index contributed by atoms with van der Waals surface area (Å²) in [5, 5.41) is 0. The number of carbonyl (C=O) groups is 1. The number of nitrogens with zero attached hydrogens (tertiary/aromatic N) is 3. The average molecular weight is 360 g/mol. The lowest BCUT2D eigenvalue weighted by Gasteiger charge is -2.20. The maximum atomic E-state index is 13.0. The van der Waals surface area contributed by atoms with Crippen molar-refractivity contribution in [2.75, 3.05) is 27.2 Å². The molecule has 1 aromatic heterocycles. The summed E-state index contributed by atoms with van der Waals surface area (Å²) in [7, 11) is 4.14. The van der Waals surface area contributed by atoms with E-state index in [2.05, 4.69) is 41.1 Å². The van der Waals surface area contributed by atoms with Crippen molar-refractivity contribution in [3.05, 3.63) is 66.5 Å². The van der Waals surface area contributed by atoms with Crippen molar-refractivity contribution < 1.29 is 4.79 Å². The van der Waals surface area contributed by atoms with E-state index >= 15 is 0 Å². The molecule has 27 heavy (non-hydrogen) atoms. The zero-order chi connectivity index (χ0) is 18.8. The number of aromatic nitrogens is 2. The highest BCUT2D eigenvalue weighted by molar-refractivity contribution is 5.96. The SMILES string of the molecule is CN(C)[C@@H]1CCN(C(=O)c2cccc(-c3nc[nH]c3-c3ccccc3)c2)C1. The van der Waals surface area contributed by atoms with Gasteiger partial charge in [0.2, 0.25) is 0 Å². The molecule has 1 N–H and O–H groups in total. The van der Waals surface area contributed by atoms with Crippen molar-refractivity contribution in [2.45, 2.75) is 12.5 Å². The Labute approximate surface area is 159 Å². The Morgan fingerprint density at radius 2 is 1.89 bits per heavy atom. The van der Waals surface area contributed by atoms with E-state index in [0.717, 1.165) is 42.0 Å². The summed E-state index contributed by atoms with van der Waals surface area (Å²) < 4.78 is 0. The van der Waals surface area contributed by atoms with Crippen molar-refractivity contribution in [1.82, 2.24) is 19.8 Å². The van der Waals surface area contributed by atoms with E-state index < -0.39 is 0 Å². The van der Waals surface area contributed by atoms with Gasteiger partial charge < -0.3 is 14.8 Å². The van der Waals surface area contributed by atoms with Crippen LogP contribution in [0.4, 0.5) is 0 Å². The van der Waals surface area contributed by atoms with E-state index in [1.54, 1.807) is 6.33 Å². The van der Waals surface area contributed by atoms with Crippen molar-refractivity contribution in [3.63, 3.8) is 0 Å². The van der Waals surface area contributed by atoms with E-state index in [1.165, 1.54) is 0 Å². The second kappa shape index (κ2) is 7.37. The number of H-pyrrole nitrogens is 1. The summed E-state index contributed by atoms with van der Waals surface area (Å²) in [6, 6.07) is 18.3. The third kappa shape index (κ3) is 3.51. The fourth-order valence-corrected chi connectivity index (χ4v) is 3.67. The zero-order valence-electron chi connectivity index (χ0n) is 15.7. The van der Waals surface area contributed by atoms with Gasteiger partial charge in [-0.3, -0.25) is 4.79 Å². The first-order valence-electron chi connectivity index (χ1n) is 9.28. The molecule has 2 aromatic carbocycles. The van der Waals surface area contributed by atoms with Crippen LogP contribution < -0.4 is 0 Å². The second-order valence-corrected chi connectivity index (χ2v) is 7.23. The lowest BCUT2D eigenvalue weighted by Crippen LogP contribution is -2.34. The molecule has 5 nitrogen and oxygen atoms in total. The van der Waals surface area contributed by atoms with E-state index in [-0.39, 0.29) is 5.91 Å². The van der Waals surface area contributed by atoms with Crippen LogP contribution in [0.25, 0.3) is 22.5 Å². The molecule has 0 bridgehead atoms. The van der Waals surface area contributed by atoms with Gasteiger partial charge in [0.05, 0.1) is 17.7 Å². The number of hydrogen-bond acceptors (Lipinski definition) is 3. The molecular weight excluding hydrogens is 336 g/mol. The van der Waals surface area contributed by atoms with Gasteiger partial charge in [-0.05, 0) is 32.6 Å². The number of likely N-dealkylation sites (N-methyl/N-ethyl adjacent to an activating group) is 1. The van der Waals surface area contributed by atoms with Crippen LogP contribution in [0.15, 0.2) is 60.9 Å². The predicted molar refractivity (Wildman–Crippen MR) is 107 cm³/mol. The van der Waals surface area contributed by atoms with Crippen LogP contribution in [0, 0.1) is 0 Å². The van der Waals surface area contributed by atoms with Crippen molar-refractivity contribution in [1.29, 1.82) is 0 Å². The summed E-state index contributed by atoms with van der Waals surface area (Å²) in [6.07, 6.45) is 2.73. The summed E-state index contributed by atoms with van der Waals surface area (Å²) >= 11 is 0. The first-order chi connectivity index (χ1) is 13.1. The van der Waals surface area contributed by atoms with Gasteiger partial charge in [0, 0.05) is 35.8 Å². The highest BCUT2D eigenvalue weighted by Gasteiger charge is 2.28. The first-order valence-corrected chi connectivity index (χ1v) is 9.28. The fourth-order valence-electron chi connectivity index (χ4n) is 3.67. The van der Waals surface area contributed by atoms with Gasteiger partial charge in [0.15, 0.2) is 0 Å². The Kier molecular flexibility index (Phi) is 4.77. The van der Waals surface area contributed by atoms with Crippen LogP contribution in [-0.2, 0) is 0 Å². The summed E-state index contributed by atoms with van der Waals surface area (Å²) in [6.45, 7) is 1.59. The Morgan fingerprint density at radius 3 is 2.63 bits per heavy atom. The van der Waals surface area contributed by atoms with Crippen LogP contribution >= 0.6 is 0 Å². The van der Waals surface area contributed by atoms with Gasteiger partial charge in [0.25, 0.3) is 5.91 Å². The minimum absolute atomic E-state index is 0.0954. The summed E-state index contributed by atoms with van der Waals surface area (Å²) in [4.78, 5) is 24.9. The van der Waals surface area contributed by atoms with Crippen molar-refractivity contribution in [3.8, 4) is 22.5 Å². The normalized spacial score (nSPS) is 16.9. The van der Waals surface area contributed by atoms with Gasteiger partial charge >= 0.3 is 0 Å². The van der Waals surface area contributed by atoms with E-state index in [0.29, 0.717) is 11.6 Å². The minimum Gasteiger partial charge on any atom is -0.344 e. The number of aromatic amines is 1. The van der Waals surface area contributed by atoms with Gasteiger partial charge in [-0.2, -0.15) is 0 Å². The molecule has 1 aliphatic heterocycles. The molecular formula is C22H24N4O. The minimum atomic E-state index is 0.0954. The van der Waals surface area contributed by atoms with Crippen molar-refractivity contribution >= 4 is 5.91 Å². The summed E-state index contributed by atoms with van der Waals surface area (Å²) in [5.74, 6) is 0.0954. The van der Waals surface area contributed by atoms with Crippen LogP contribution in [0.1, 0.15) is 16.8 Å². The van der Waals surface area contributed by atoms with Crippen molar-refractivity contribution in [2.24, 2.45) is 0 Å². The molecule has 0 spiro atoms. The second-order valence-electron chi connectivity index (χ2n) is 7.23. The molecule has 1 amide bonds. The number of amides is 1. The molecule has 1 fully saturated rings. The lowest BCUT2D eigenvalue weighted by atomic mass is 10.0. The van der Waals surface area contributed by atoms with Gasteiger partial charge in [-0.15, -0.1) is 0 Å². The zero-order valence-corrected chi connectivity index (χ0v) is 15.7. The average Bonchev–Trinajstić information content (AvgIpc) is 3.38. The lowest BCUT2D eigenvalue weighted by molar-refractivity contribution is 0.0783. The Bertz CT molecular complexity index is 932. The summed E-state index contributed by atoms with van der Waals surface area (Å²) in [5.41, 5.74) is 4.57. The predicted octanol–water partition coefficient (Wildman–Crippen LogP) is 3.52. The standard InChI is InChI=1S/C22H24N4O/c1-25(2)19-11-12-26(14-19)22(27)18-10-6-9-17(13-18)21-20(23-15-24-21)16-7-4-3-5-8-16/h3-10,13,15,19H,11-12,14H2,1-2H3,(H,23,24)/t19-/m1/s1. The molecule has 1 saturated heterocycles. The largest absolute Gasteiger partial charge is 0.344 e. The molecule has 2 heterocycles. The van der Waals surface area contributed by atoms with E-state index in [9.17, 15) is 4.79 Å². The van der Waals surface area contributed by atoms with Gasteiger partial charge in [-0.25, -0.2) is 4.98 Å². The molecule has 0 unspecified atom stereocenters. The molecule has 0 radical (unpaired) electrons. The topological polar surface area (TPSA) is 52.2 Å². The maximum Gasteiger partial charge on any atom is 0.253 e. The number of hydrogen-bond donors (Lipinski definition) is 1. The highest BCUT2D eigenvalue weighted by Crippen LogP contribution is 2.29. The smallest absolute Gasteiger partial charge is 0.253 e. The van der Waals surface area contributed by atoms with Crippen LogP contribution in [0.3, 0.4) is 0 Å². The number of carbonyl (C=O) groups excluding carboxylic acids is 1. The number of nitrogens with one attached hydrogen (secondary N) is 1. The maximum absolute atomic E-state index is 13.0.